The van der Waals surface area contributed by atoms with Crippen molar-refractivity contribution in [3.63, 3.8) is 0 Å². The Bertz CT molecular complexity index is 1650. The molecular weight excluding hydrogens is 648 g/mol. The zero-order valence-corrected chi connectivity index (χ0v) is 32.8. The SMILES string of the molecule is CCc1ccccc1-c1cccc2[cH-]c(CC(C)C)cc12.CCc1ccccc1-c1cccc2[cH-]c(CC(C)C)cc12.C[Si]C.[Zr+2]. The summed E-state index contributed by atoms with van der Waals surface area (Å²) >= 11 is 0. The van der Waals surface area contributed by atoms with Gasteiger partial charge >= 0.3 is 26.2 Å². The fourth-order valence-corrected chi connectivity index (χ4v) is 6.42. The number of benzene rings is 4. The van der Waals surface area contributed by atoms with Gasteiger partial charge in [0.05, 0.1) is 0 Å². The van der Waals surface area contributed by atoms with Gasteiger partial charge in [-0.05, 0) is 59.8 Å². The molecule has 6 aromatic carbocycles. The van der Waals surface area contributed by atoms with Crippen molar-refractivity contribution in [3.05, 3.63) is 131 Å². The zero-order chi connectivity index (χ0) is 32.3. The predicted molar refractivity (Wildman–Crippen MR) is 203 cm³/mol. The van der Waals surface area contributed by atoms with E-state index in [9.17, 15) is 0 Å². The van der Waals surface area contributed by atoms with E-state index in [-0.39, 0.29) is 26.2 Å². The number of aryl methyl sites for hydroxylation is 2. The average Bonchev–Trinajstić information content (AvgIpc) is 3.64. The number of rotatable bonds is 8. The first kappa shape index (κ1) is 37.7. The van der Waals surface area contributed by atoms with Crippen LogP contribution in [0, 0.1) is 11.8 Å². The summed E-state index contributed by atoms with van der Waals surface area (Å²) in [6.45, 7) is 17.9. The van der Waals surface area contributed by atoms with Gasteiger partial charge in [0.15, 0.2) is 0 Å². The van der Waals surface area contributed by atoms with E-state index >= 15 is 0 Å². The van der Waals surface area contributed by atoms with Gasteiger partial charge < -0.3 is 0 Å². The third-order valence-electron chi connectivity index (χ3n) is 8.29. The Labute approximate surface area is 301 Å². The third-order valence-corrected chi connectivity index (χ3v) is 8.29. The Kier molecular flexibility index (Phi) is 15.2. The fourth-order valence-electron chi connectivity index (χ4n) is 6.42. The molecule has 0 unspecified atom stereocenters. The molecule has 0 saturated carbocycles. The van der Waals surface area contributed by atoms with Crippen LogP contribution in [-0.2, 0) is 51.9 Å². The monoisotopic (exact) mass is 698 g/mol. The van der Waals surface area contributed by atoms with Gasteiger partial charge in [-0.15, -0.1) is 69.1 Å². The van der Waals surface area contributed by atoms with Gasteiger partial charge in [-0.3, -0.25) is 0 Å². The molecule has 6 aromatic rings. The summed E-state index contributed by atoms with van der Waals surface area (Å²) in [5.74, 6) is 1.40. The van der Waals surface area contributed by atoms with Crippen LogP contribution in [0.4, 0.5) is 0 Å². The molecule has 0 heterocycles. The van der Waals surface area contributed by atoms with Gasteiger partial charge in [0, 0.05) is 9.52 Å². The summed E-state index contributed by atoms with van der Waals surface area (Å²) < 4.78 is 0. The molecule has 0 saturated heterocycles. The standard InChI is InChI=1S/2C21H23.C2H6Si.Zr/c2*1-4-17-8-5-6-10-19(17)20-11-7-9-18-13-16(12-15(2)3)14-21(18)20;1-3-2;/h2*5-11,13-15H,4,12H2,1-3H3;1-2H3;/q2*-1;;+2. The van der Waals surface area contributed by atoms with Crippen LogP contribution in [0.25, 0.3) is 43.8 Å². The number of hydrogen-bond donors (Lipinski definition) is 0. The molecule has 0 atom stereocenters. The van der Waals surface area contributed by atoms with E-state index in [4.69, 9.17) is 0 Å². The maximum Gasteiger partial charge on any atom is 2.00 e. The molecule has 2 heteroatoms. The van der Waals surface area contributed by atoms with Gasteiger partial charge in [-0.2, -0.15) is 12.1 Å². The van der Waals surface area contributed by atoms with Crippen LogP contribution >= 0.6 is 0 Å². The third kappa shape index (κ3) is 9.62. The first-order chi connectivity index (χ1) is 21.8. The second kappa shape index (κ2) is 18.5. The van der Waals surface area contributed by atoms with Crippen molar-refractivity contribution < 1.29 is 26.2 Å². The molecule has 0 bridgehead atoms. The number of fused-ring (bicyclic) bond motifs is 2. The van der Waals surface area contributed by atoms with Gasteiger partial charge in [-0.25, -0.2) is 0 Å². The maximum atomic E-state index is 2.39. The minimum absolute atomic E-state index is 0. The molecule has 0 aliphatic heterocycles. The normalized spacial score (nSPS) is 10.8. The van der Waals surface area contributed by atoms with Crippen LogP contribution in [0.2, 0.25) is 13.1 Å². The van der Waals surface area contributed by atoms with E-state index in [0.717, 1.165) is 35.2 Å². The van der Waals surface area contributed by atoms with Crippen molar-refractivity contribution in [1.82, 2.24) is 0 Å². The summed E-state index contributed by atoms with van der Waals surface area (Å²) in [6, 6.07) is 40.4. The molecule has 0 aliphatic rings. The molecule has 6 rings (SSSR count). The Balaban J connectivity index is 0.000000226. The van der Waals surface area contributed by atoms with Gasteiger partial charge in [-0.1, -0.05) is 126 Å². The molecule has 0 fully saturated rings. The van der Waals surface area contributed by atoms with E-state index in [0.29, 0.717) is 11.8 Å². The summed E-state index contributed by atoms with van der Waals surface area (Å²) in [5.41, 5.74) is 11.3. The summed E-state index contributed by atoms with van der Waals surface area (Å²) in [6.07, 6.45) is 4.46. The van der Waals surface area contributed by atoms with Crippen molar-refractivity contribution in [2.75, 3.05) is 0 Å². The molecule has 46 heavy (non-hydrogen) atoms. The van der Waals surface area contributed by atoms with Crippen LogP contribution in [0.15, 0.2) is 109 Å². The molecule has 0 amide bonds. The van der Waals surface area contributed by atoms with Gasteiger partial charge in [0.25, 0.3) is 0 Å². The van der Waals surface area contributed by atoms with Crippen molar-refractivity contribution in [3.8, 4) is 22.3 Å². The second-order valence-corrected chi connectivity index (χ2v) is 14.1. The Morgan fingerprint density at radius 3 is 1.22 bits per heavy atom. The van der Waals surface area contributed by atoms with Crippen molar-refractivity contribution in [1.29, 1.82) is 0 Å². The molecule has 0 nitrogen and oxygen atoms in total. The van der Waals surface area contributed by atoms with E-state index in [1.54, 1.807) is 0 Å². The van der Waals surface area contributed by atoms with E-state index in [1.165, 1.54) is 66.1 Å². The van der Waals surface area contributed by atoms with Gasteiger partial charge in [0.1, 0.15) is 0 Å². The topological polar surface area (TPSA) is 0 Å². The zero-order valence-electron chi connectivity index (χ0n) is 29.4. The van der Waals surface area contributed by atoms with Crippen molar-refractivity contribution >= 4 is 31.1 Å². The van der Waals surface area contributed by atoms with Crippen LogP contribution in [0.1, 0.15) is 63.8 Å². The minimum Gasteiger partial charge on any atom is -0.164 e. The maximum absolute atomic E-state index is 2.39. The molecular formula is C44H52SiZr. The molecule has 236 valence electrons. The molecule has 2 radical (unpaired) electrons. The second-order valence-electron chi connectivity index (χ2n) is 13.1. The average molecular weight is 700 g/mol. The Hall–Kier alpha value is -2.80. The van der Waals surface area contributed by atoms with Crippen LogP contribution in [-0.4, -0.2) is 9.52 Å². The van der Waals surface area contributed by atoms with Crippen molar-refractivity contribution in [2.45, 2.75) is 80.3 Å². The molecule has 0 aliphatic carbocycles. The predicted octanol–water partition coefficient (Wildman–Crippen LogP) is 12.8. The Morgan fingerprint density at radius 2 is 0.870 bits per heavy atom. The van der Waals surface area contributed by atoms with Crippen LogP contribution in [0.5, 0.6) is 0 Å². The number of hydrogen-bond acceptors (Lipinski definition) is 0. The summed E-state index contributed by atoms with van der Waals surface area (Å²) in [4.78, 5) is 0. The Morgan fingerprint density at radius 1 is 0.522 bits per heavy atom. The summed E-state index contributed by atoms with van der Waals surface area (Å²) in [5, 5.41) is 5.53. The first-order valence-electron chi connectivity index (χ1n) is 16.9. The van der Waals surface area contributed by atoms with Crippen LogP contribution < -0.4 is 0 Å². The van der Waals surface area contributed by atoms with E-state index in [1.807, 2.05) is 0 Å². The largest absolute Gasteiger partial charge is 2.00 e. The smallest absolute Gasteiger partial charge is 0.164 e. The van der Waals surface area contributed by atoms with Crippen LogP contribution in [0.3, 0.4) is 0 Å². The minimum atomic E-state index is 0. The summed E-state index contributed by atoms with van der Waals surface area (Å²) in [7, 11) is 1.08. The molecule has 0 aromatic heterocycles. The fraction of sp³-hybridized carbons (Fsp3) is 0.318. The van der Waals surface area contributed by atoms with E-state index < -0.39 is 0 Å². The van der Waals surface area contributed by atoms with E-state index in [2.05, 4.69) is 164 Å². The molecule has 0 N–H and O–H groups in total. The first-order valence-corrected chi connectivity index (χ1v) is 18.9. The quantitative estimate of drug-likeness (QED) is 0.110. The van der Waals surface area contributed by atoms with Gasteiger partial charge in [0.2, 0.25) is 0 Å². The van der Waals surface area contributed by atoms with Crippen molar-refractivity contribution in [2.24, 2.45) is 11.8 Å². The molecule has 0 spiro atoms.